The molecule has 0 aliphatic heterocycles. The Labute approximate surface area is 166 Å². The minimum Gasteiger partial charge on any atom is -0.351 e. The van der Waals surface area contributed by atoms with Gasteiger partial charge in [-0.25, -0.2) is 9.67 Å². The van der Waals surface area contributed by atoms with Crippen molar-refractivity contribution >= 4 is 16.9 Å². The summed E-state index contributed by atoms with van der Waals surface area (Å²) < 4.78 is 1.86. The Balaban J connectivity index is 1.65. The van der Waals surface area contributed by atoms with E-state index in [2.05, 4.69) is 60.1 Å². The van der Waals surface area contributed by atoms with Gasteiger partial charge in [-0.3, -0.25) is 9.69 Å². The molecule has 148 valence electrons. The Bertz CT molecular complexity index is 909. The first kappa shape index (κ1) is 20.0. The minimum atomic E-state index is -0.0994. The summed E-state index contributed by atoms with van der Waals surface area (Å²) in [5.74, 6) is -0.0994. The molecular weight excluding hydrogens is 350 g/mol. The van der Waals surface area contributed by atoms with Crippen molar-refractivity contribution in [3.63, 3.8) is 0 Å². The molecule has 0 bridgehead atoms. The maximum atomic E-state index is 12.5. The Hall–Kier alpha value is -2.73. The first-order valence-corrected chi connectivity index (χ1v) is 9.85. The molecule has 6 heteroatoms. The number of rotatable bonds is 8. The molecule has 0 fully saturated rings. The van der Waals surface area contributed by atoms with Crippen LogP contribution in [0, 0.1) is 0 Å². The van der Waals surface area contributed by atoms with Crippen LogP contribution >= 0.6 is 0 Å². The molecule has 2 heterocycles. The molecule has 0 saturated carbocycles. The zero-order chi connectivity index (χ0) is 20.1. The van der Waals surface area contributed by atoms with Gasteiger partial charge in [0, 0.05) is 36.8 Å². The fourth-order valence-electron chi connectivity index (χ4n) is 3.48. The maximum absolute atomic E-state index is 12.5. The summed E-state index contributed by atoms with van der Waals surface area (Å²) in [6, 6.07) is 12.9. The van der Waals surface area contributed by atoms with Gasteiger partial charge >= 0.3 is 0 Å². The normalized spacial score (nSPS) is 11.7. The summed E-state index contributed by atoms with van der Waals surface area (Å²) in [5.41, 5.74) is 2.51. The highest BCUT2D eigenvalue weighted by Gasteiger charge is 2.14. The standard InChI is InChI=1S/C22H29N5O/c1-16(2)26(17(3)4)11-10-23-22(28)20-12-19-14-25-27(21(19)24-13-20)15-18-8-6-5-7-9-18/h5-9,12-14,16-17H,10-11,15H2,1-4H3,(H,23,28). The smallest absolute Gasteiger partial charge is 0.252 e. The number of hydrogen-bond acceptors (Lipinski definition) is 4. The summed E-state index contributed by atoms with van der Waals surface area (Å²) in [6.45, 7) is 10.8. The number of nitrogens with zero attached hydrogens (tertiary/aromatic N) is 4. The fraction of sp³-hybridized carbons (Fsp3) is 0.409. The lowest BCUT2D eigenvalue weighted by Gasteiger charge is -2.30. The maximum Gasteiger partial charge on any atom is 0.252 e. The average molecular weight is 380 g/mol. The third-order valence-corrected chi connectivity index (χ3v) is 4.90. The van der Waals surface area contributed by atoms with Crippen LogP contribution in [-0.2, 0) is 6.54 Å². The van der Waals surface area contributed by atoms with Crippen molar-refractivity contribution in [2.45, 2.75) is 46.3 Å². The second kappa shape index (κ2) is 8.97. The zero-order valence-electron chi connectivity index (χ0n) is 17.1. The lowest BCUT2D eigenvalue weighted by Crippen LogP contribution is -2.42. The predicted molar refractivity (Wildman–Crippen MR) is 112 cm³/mol. The second-order valence-electron chi connectivity index (χ2n) is 7.61. The second-order valence-corrected chi connectivity index (χ2v) is 7.61. The van der Waals surface area contributed by atoms with Gasteiger partial charge in [-0.1, -0.05) is 30.3 Å². The largest absolute Gasteiger partial charge is 0.351 e. The molecular formula is C22H29N5O. The van der Waals surface area contributed by atoms with Gasteiger partial charge in [-0.05, 0) is 39.3 Å². The van der Waals surface area contributed by atoms with Crippen molar-refractivity contribution < 1.29 is 4.79 Å². The summed E-state index contributed by atoms with van der Waals surface area (Å²) in [4.78, 5) is 19.4. The Morgan fingerprint density at radius 1 is 1.11 bits per heavy atom. The molecule has 3 rings (SSSR count). The van der Waals surface area contributed by atoms with E-state index in [0.717, 1.165) is 23.1 Å². The number of fused-ring (bicyclic) bond motifs is 1. The third-order valence-electron chi connectivity index (χ3n) is 4.90. The van der Waals surface area contributed by atoms with Crippen LogP contribution < -0.4 is 5.32 Å². The first-order valence-electron chi connectivity index (χ1n) is 9.85. The van der Waals surface area contributed by atoms with E-state index < -0.39 is 0 Å². The summed E-state index contributed by atoms with van der Waals surface area (Å²) >= 11 is 0. The average Bonchev–Trinajstić information content (AvgIpc) is 3.07. The number of carbonyl (C=O) groups excluding carboxylic acids is 1. The van der Waals surface area contributed by atoms with E-state index in [-0.39, 0.29) is 5.91 Å². The molecule has 0 aliphatic rings. The molecule has 6 nitrogen and oxygen atoms in total. The van der Waals surface area contributed by atoms with Gasteiger partial charge in [0.05, 0.1) is 18.3 Å². The summed E-state index contributed by atoms with van der Waals surface area (Å²) in [6.07, 6.45) is 3.39. The molecule has 28 heavy (non-hydrogen) atoms. The number of carbonyl (C=O) groups is 1. The number of amides is 1. The van der Waals surface area contributed by atoms with Crippen LogP contribution in [0.25, 0.3) is 11.0 Å². The van der Waals surface area contributed by atoms with Crippen molar-refractivity contribution in [1.82, 2.24) is 25.0 Å². The van der Waals surface area contributed by atoms with Gasteiger partial charge in [-0.15, -0.1) is 0 Å². The SMILES string of the molecule is CC(C)N(CCNC(=O)c1cnc2c(cnn2Cc2ccccc2)c1)C(C)C. The molecule has 1 amide bonds. The van der Waals surface area contributed by atoms with E-state index in [1.54, 1.807) is 12.4 Å². The molecule has 1 aromatic carbocycles. The quantitative estimate of drug-likeness (QED) is 0.652. The van der Waals surface area contributed by atoms with Crippen LogP contribution in [0.1, 0.15) is 43.6 Å². The minimum absolute atomic E-state index is 0.0994. The molecule has 0 radical (unpaired) electrons. The topological polar surface area (TPSA) is 63.1 Å². The molecule has 0 unspecified atom stereocenters. The lowest BCUT2D eigenvalue weighted by atomic mass is 10.2. The van der Waals surface area contributed by atoms with Crippen LogP contribution in [0.2, 0.25) is 0 Å². The van der Waals surface area contributed by atoms with E-state index in [1.165, 1.54) is 0 Å². The van der Waals surface area contributed by atoms with Crippen molar-refractivity contribution in [2.75, 3.05) is 13.1 Å². The predicted octanol–water partition coefficient (Wildman–Crippen LogP) is 3.33. The highest BCUT2D eigenvalue weighted by atomic mass is 16.1. The molecule has 3 aromatic rings. The van der Waals surface area contributed by atoms with Gasteiger partial charge in [0.15, 0.2) is 5.65 Å². The van der Waals surface area contributed by atoms with Crippen LogP contribution in [0.3, 0.4) is 0 Å². The zero-order valence-corrected chi connectivity index (χ0v) is 17.1. The van der Waals surface area contributed by atoms with Crippen LogP contribution in [0.4, 0.5) is 0 Å². The van der Waals surface area contributed by atoms with Crippen molar-refractivity contribution in [1.29, 1.82) is 0 Å². The molecule has 1 N–H and O–H groups in total. The van der Waals surface area contributed by atoms with E-state index in [1.807, 2.05) is 28.9 Å². The van der Waals surface area contributed by atoms with Crippen LogP contribution in [0.5, 0.6) is 0 Å². The number of benzene rings is 1. The number of aromatic nitrogens is 3. The molecule has 0 atom stereocenters. The summed E-state index contributed by atoms with van der Waals surface area (Å²) in [5, 5.41) is 8.30. The van der Waals surface area contributed by atoms with Gasteiger partial charge in [-0.2, -0.15) is 5.10 Å². The number of pyridine rings is 1. The Morgan fingerprint density at radius 3 is 2.50 bits per heavy atom. The summed E-state index contributed by atoms with van der Waals surface area (Å²) in [7, 11) is 0. The van der Waals surface area contributed by atoms with Crippen LogP contribution in [-0.4, -0.2) is 50.7 Å². The number of nitrogens with one attached hydrogen (secondary N) is 1. The van der Waals surface area contributed by atoms with E-state index >= 15 is 0 Å². The first-order chi connectivity index (χ1) is 13.5. The van der Waals surface area contributed by atoms with E-state index in [0.29, 0.717) is 30.7 Å². The third kappa shape index (κ3) is 4.75. The van der Waals surface area contributed by atoms with Crippen molar-refractivity contribution in [3.05, 3.63) is 59.9 Å². The molecule has 0 spiro atoms. The van der Waals surface area contributed by atoms with Crippen molar-refractivity contribution in [2.24, 2.45) is 0 Å². The Kier molecular flexibility index (Phi) is 6.41. The van der Waals surface area contributed by atoms with Gasteiger partial charge in [0.2, 0.25) is 0 Å². The van der Waals surface area contributed by atoms with Crippen LogP contribution in [0.15, 0.2) is 48.8 Å². The van der Waals surface area contributed by atoms with Gasteiger partial charge in [0.25, 0.3) is 5.91 Å². The highest BCUT2D eigenvalue weighted by Crippen LogP contribution is 2.14. The molecule has 0 aliphatic carbocycles. The Morgan fingerprint density at radius 2 is 1.82 bits per heavy atom. The molecule has 2 aromatic heterocycles. The van der Waals surface area contributed by atoms with Gasteiger partial charge < -0.3 is 5.32 Å². The van der Waals surface area contributed by atoms with Crippen molar-refractivity contribution in [3.8, 4) is 0 Å². The van der Waals surface area contributed by atoms with E-state index in [9.17, 15) is 4.79 Å². The monoisotopic (exact) mass is 379 g/mol. The number of hydrogen-bond donors (Lipinski definition) is 1. The fourth-order valence-corrected chi connectivity index (χ4v) is 3.48. The highest BCUT2D eigenvalue weighted by molar-refractivity contribution is 5.96. The molecule has 0 saturated heterocycles. The lowest BCUT2D eigenvalue weighted by molar-refractivity contribution is 0.0939. The van der Waals surface area contributed by atoms with E-state index in [4.69, 9.17) is 0 Å². The van der Waals surface area contributed by atoms with Gasteiger partial charge in [0.1, 0.15) is 0 Å².